The molecule has 0 fully saturated rings. The van der Waals surface area contributed by atoms with Gasteiger partial charge in [-0.1, -0.05) is 0 Å². The Morgan fingerprint density at radius 1 is 1.60 bits per heavy atom. The summed E-state index contributed by atoms with van der Waals surface area (Å²) < 4.78 is 0. The van der Waals surface area contributed by atoms with E-state index in [-0.39, 0.29) is 12.4 Å². The lowest BCUT2D eigenvalue weighted by Gasteiger charge is -2.18. The van der Waals surface area contributed by atoms with Crippen molar-refractivity contribution in [1.29, 1.82) is 0 Å². The minimum Gasteiger partial charge on any atom is -0.481 e. The first-order valence-corrected chi connectivity index (χ1v) is 4.30. The van der Waals surface area contributed by atoms with E-state index >= 15 is 0 Å². The second kappa shape index (κ2) is 4.07. The van der Waals surface area contributed by atoms with Crippen molar-refractivity contribution in [2.75, 3.05) is 6.54 Å². The van der Waals surface area contributed by atoms with Gasteiger partial charge in [0.1, 0.15) is 6.33 Å². The summed E-state index contributed by atoms with van der Waals surface area (Å²) in [6, 6.07) is 0. The molecule has 1 rings (SSSR count). The Labute approximate surface area is 85.9 Å². The molecule has 1 aromatic rings. The second-order valence-electron chi connectivity index (χ2n) is 3.71. The molecule has 0 atom stereocenters. The lowest BCUT2D eigenvalue weighted by Crippen LogP contribution is -2.39. The summed E-state index contributed by atoms with van der Waals surface area (Å²) in [5, 5.41) is 17.1. The maximum Gasteiger partial charge on any atom is 0.310 e. The van der Waals surface area contributed by atoms with Gasteiger partial charge in [-0.25, -0.2) is 4.98 Å². The molecule has 0 aromatic carbocycles. The molecule has 0 aliphatic carbocycles. The summed E-state index contributed by atoms with van der Waals surface area (Å²) in [6.45, 7) is 3.08. The summed E-state index contributed by atoms with van der Waals surface area (Å²) in [5.74, 6) is -1.38. The molecule has 0 saturated carbocycles. The molecule has 7 heteroatoms. The van der Waals surface area contributed by atoms with Crippen molar-refractivity contribution in [2.24, 2.45) is 5.41 Å². The van der Waals surface area contributed by atoms with Crippen LogP contribution < -0.4 is 5.32 Å². The minimum atomic E-state index is -1.00. The molecule has 0 spiro atoms. The number of rotatable bonds is 4. The van der Waals surface area contributed by atoms with Gasteiger partial charge in [0.25, 0.3) is 5.91 Å². The first-order valence-electron chi connectivity index (χ1n) is 4.30. The van der Waals surface area contributed by atoms with Crippen molar-refractivity contribution >= 4 is 11.9 Å². The van der Waals surface area contributed by atoms with Crippen LogP contribution in [0.25, 0.3) is 0 Å². The van der Waals surface area contributed by atoms with Crippen molar-refractivity contribution in [3.05, 3.63) is 12.2 Å². The monoisotopic (exact) mass is 212 g/mol. The SMILES string of the molecule is CC(C)(CNC(=O)c1ncn[nH]1)C(=O)O. The number of aromatic nitrogens is 3. The molecule has 0 aliphatic rings. The fraction of sp³-hybridized carbons (Fsp3) is 0.500. The molecule has 1 aromatic heterocycles. The Kier molecular flexibility index (Phi) is 3.03. The maximum atomic E-state index is 11.3. The summed E-state index contributed by atoms with van der Waals surface area (Å²) in [4.78, 5) is 25.7. The van der Waals surface area contributed by atoms with Gasteiger partial charge < -0.3 is 10.4 Å². The standard InChI is InChI=1S/C8H12N4O3/c1-8(2,7(14)15)3-9-6(13)5-10-4-11-12-5/h4H,3H2,1-2H3,(H,9,13)(H,14,15)(H,10,11,12). The van der Waals surface area contributed by atoms with E-state index in [4.69, 9.17) is 5.11 Å². The topological polar surface area (TPSA) is 108 Å². The van der Waals surface area contributed by atoms with Crippen molar-refractivity contribution in [2.45, 2.75) is 13.8 Å². The predicted molar refractivity (Wildman–Crippen MR) is 50.1 cm³/mol. The number of hydrogen-bond donors (Lipinski definition) is 3. The molecule has 0 bridgehead atoms. The highest BCUT2D eigenvalue weighted by molar-refractivity contribution is 5.90. The zero-order valence-electron chi connectivity index (χ0n) is 8.44. The van der Waals surface area contributed by atoms with Gasteiger partial charge in [0.15, 0.2) is 0 Å². The van der Waals surface area contributed by atoms with Gasteiger partial charge in [0.2, 0.25) is 5.82 Å². The van der Waals surface area contributed by atoms with Gasteiger partial charge >= 0.3 is 5.97 Å². The summed E-state index contributed by atoms with van der Waals surface area (Å²) in [5.41, 5.74) is -1.00. The average molecular weight is 212 g/mol. The number of hydrogen-bond acceptors (Lipinski definition) is 4. The molecule has 0 radical (unpaired) electrons. The van der Waals surface area contributed by atoms with Gasteiger partial charge in [0, 0.05) is 6.54 Å². The van der Waals surface area contributed by atoms with Gasteiger partial charge in [-0.15, -0.1) is 0 Å². The molecule has 0 saturated heterocycles. The Morgan fingerprint density at radius 3 is 2.73 bits per heavy atom. The second-order valence-corrected chi connectivity index (χ2v) is 3.71. The van der Waals surface area contributed by atoms with Crippen molar-refractivity contribution in [3.8, 4) is 0 Å². The maximum absolute atomic E-state index is 11.3. The number of carboxylic acid groups (broad SMARTS) is 1. The first kappa shape index (κ1) is 11.2. The normalized spacial score (nSPS) is 11.1. The van der Waals surface area contributed by atoms with Crippen LogP contribution in [0.5, 0.6) is 0 Å². The molecule has 1 amide bonds. The molecule has 15 heavy (non-hydrogen) atoms. The van der Waals surface area contributed by atoms with E-state index in [1.165, 1.54) is 20.2 Å². The Balaban J connectivity index is 2.51. The summed E-state index contributed by atoms with van der Waals surface area (Å²) in [7, 11) is 0. The fourth-order valence-corrected chi connectivity index (χ4v) is 0.775. The van der Waals surface area contributed by atoms with Crippen LogP contribution in [0, 0.1) is 5.41 Å². The summed E-state index contributed by atoms with van der Waals surface area (Å²) >= 11 is 0. The van der Waals surface area contributed by atoms with Crippen LogP contribution in [0.4, 0.5) is 0 Å². The van der Waals surface area contributed by atoms with E-state index in [2.05, 4.69) is 20.5 Å². The van der Waals surface area contributed by atoms with Crippen LogP contribution in [0.1, 0.15) is 24.5 Å². The smallest absolute Gasteiger partial charge is 0.310 e. The number of carbonyl (C=O) groups excluding carboxylic acids is 1. The average Bonchev–Trinajstić information content (AvgIpc) is 2.66. The largest absolute Gasteiger partial charge is 0.481 e. The summed E-state index contributed by atoms with van der Waals surface area (Å²) in [6.07, 6.45) is 1.21. The van der Waals surface area contributed by atoms with E-state index < -0.39 is 17.3 Å². The molecule has 0 unspecified atom stereocenters. The number of amides is 1. The lowest BCUT2D eigenvalue weighted by molar-refractivity contribution is -0.146. The predicted octanol–water partition coefficient (Wildman–Crippen LogP) is -0.355. The zero-order valence-corrected chi connectivity index (χ0v) is 8.44. The van der Waals surface area contributed by atoms with E-state index in [1.54, 1.807) is 0 Å². The molecule has 1 heterocycles. The molecule has 7 nitrogen and oxygen atoms in total. The lowest BCUT2D eigenvalue weighted by atomic mass is 9.94. The van der Waals surface area contributed by atoms with E-state index in [1.807, 2.05) is 0 Å². The molecular weight excluding hydrogens is 200 g/mol. The van der Waals surface area contributed by atoms with Crippen LogP contribution in [0.15, 0.2) is 6.33 Å². The number of aliphatic carboxylic acids is 1. The van der Waals surface area contributed by atoms with Crippen LogP contribution in [-0.2, 0) is 4.79 Å². The molecule has 3 N–H and O–H groups in total. The number of H-pyrrole nitrogens is 1. The van der Waals surface area contributed by atoms with Crippen LogP contribution in [0.3, 0.4) is 0 Å². The van der Waals surface area contributed by atoms with Gasteiger partial charge in [-0.3, -0.25) is 14.7 Å². The highest BCUT2D eigenvalue weighted by Crippen LogP contribution is 2.13. The van der Waals surface area contributed by atoms with Crippen LogP contribution >= 0.6 is 0 Å². The number of carboxylic acids is 1. The first-order chi connectivity index (χ1) is 6.93. The highest BCUT2D eigenvalue weighted by Gasteiger charge is 2.27. The molecular formula is C8H12N4O3. The van der Waals surface area contributed by atoms with E-state index in [0.717, 1.165) is 0 Å². The quantitative estimate of drug-likeness (QED) is 0.632. The third kappa shape index (κ3) is 2.76. The third-order valence-electron chi connectivity index (χ3n) is 1.90. The Morgan fingerprint density at radius 2 is 2.27 bits per heavy atom. The van der Waals surface area contributed by atoms with Crippen molar-refractivity contribution in [3.63, 3.8) is 0 Å². The van der Waals surface area contributed by atoms with Gasteiger partial charge in [0.05, 0.1) is 5.41 Å². The number of aromatic amines is 1. The van der Waals surface area contributed by atoms with Gasteiger partial charge in [-0.05, 0) is 13.8 Å². The third-order valence-corrected chi connectivity index (χ3v) is 1.90. The fourth-order valence-electron chi connectivity index (χ4n) is 0.775. The Hall–Kier alpha value is -1.92. The van der Waals surface area contributed by atoms with E-state index in [9.17, 15) is 9.59 Å². The number of carbonyl (C=O) groups is 2. The highest BCUT2D eigenvalue weighted by atomic mass is 16.4. The van der Waals surface area contributed by atoms with Gasteiger partial charge in [-0.2, -0.15) is 5.10 Å². The van der Waals surface area contributed by atoms with Crippen LogP contribution in [-0.4, -0.2) is 38.7 Å². The van der Waals surface area contributed by atoms with Crippen molar-refractivity contribution < 1.29 is 14.7 Å². The number of nitrogens with zero attached hydrogens (tertiary/aromatic N) is 2. The molecule has 0 aliphatic heterocycles. The Bertz CT molecular complexity index is 358. The minimum absolute atomic E-state index is 0.0296. The van der Waals surface area contributed by atoms with Crippen LogP contribution in [0.2, 0.25) is 0 Å². The molecule has 82 valence electrons. The van der Waals surface area contributed by atoms with E-state index in [0.29, 0.717) is 0 Å². The van der Waals surface area contributed by atoms with Crippen molar-refractivity contribution in [1.82, 2.24) is 20.5 Å². The number of nitrogens with one attached hydrogen (secondary N) is 2. The zero-order chi connectivity index (χ0) is 11.5.